The van der Waals surface area contributed by atoms with Crippen molar-refractivity contribution in [2.24, 2.45) is 0 Å². The van der Waals surface area contributed by atoms with Gasteiger partial charge >= 0.3 is 0 Å². The second-order valence-corrected chi connectivity index (χ2v) is 6.26. The summed E-state index contributed by atoms with van der Waals surface area (Å²) in [4.78, 5) is 10.5. The van der Waals surface area contributed by atoms with E-state index in [1.165, 1.54) is 6.07 Å². The molecule has 0 saturated carbocycles. The first-order valence-electron chi connectivity index (χ1n) is 6.91. The molecule has 1 aromatic rings. The van der Waals surface area contributed by atoms with E-state index in [0.717, 1.165) is 5.56 Å². The van der Waals surface area contributed by atoms with Crippen molar-refractivity contribution in [3.05, 3.63) is 33.4 Å². The molecule has 0 spiro atoms. The van der Waals surface area contributed by atoms with Gasteiger partial charge in [-0.25, -0.2) is 0 Å². The minimum absolute atomic E-state index is 0.0258. The molecule has 1 aromatic carbocycles. The number of β-amino-alcohol motifs (C(OH)–C–C–N with tert-alkyl or cyclic N) is 1. The Morgan fingerprint density at radius 1 is 1.33 bits per heavy atom. The van der Waals surface area contributed by atoms with Gasteiger partial charge < -0.3 is 15.2 Å². The number of aryl methyl sites for hydroxylation is 2. The summed E-state index contributed by atoms with van der Waals surface area (Å²) in [6.07, 6.45) is -0.677. The van der Waals surface area contributed by atoms with Crippen LogP contribution in [0.25, 0.3) is 0 Å². The number of hydrogen-bond donors (Lipinski definition) is 2. The number of hydrogen-bond acceptors (Lipinski definition) is 5. The fourth-order valence-electron chi connectivity index (χ4n) is 1.84. The van der Waals surface area contributed by atoms with Gasteiger partial charge in [0.2, 0.25) is 0 Å². The fraction of sp³-hybridized carbons (Fsp3) is 0.600. The van der Waals surface area contributed by atoms with E-state index in [-0.39, 0.29) is 17.8 Å². The first-order chi connectivity index (χ1) is 9.60. The predicted octanol–water partition coefficient (Wildman–Crippen LogP) is 2.34. The maximum absolute atomic E-state index is 10.9. The van der Waals surface area contributed by atoms with Crippen molar-refractivity contribution in [3.8, 4) is 5.75 Å². The summed E-state index contributed by atoms with van der Waals surface area (Å²) >= 11 is 0. The van der Waals surface area contributed by atoms with Crippen LogP contribution >= 0.6 is 0 Å². The lowest BCUT2D eigenvalue weighted by Crippen LogP contribution is -2.42. The van der Waals surface area contributed by atoms with Crippen LogP contribution in [0.5, 0.6) is 5.75 Å². The molecule has 1 atom stereocenters. The highest BCUT2D eigenvalue weighted by Gasteiger charge is 2.16. The third-order valence-electron chi connectivity index (χ3n) is 2.99. The Morgan fingerprint density at radius 3 is 2.48 bits per heavy atom. The molecule has 0 saturated heterocycles. The maximum Gasteiger partial charge on any atom is 0.276 e. The van der Waals surface area contributed by atoms with Crippen LogP contribution in [0, 0.1) is 24.0 Å². The van der Waals surface area contributed by atoms with Crippen LogP contribution in [0.3, 0.4) is 0 Å². The first-order valence-corrected chi connectivity index (χ1v) is 6.91. The molecule has 0 amide bonds. The molecule has 1 rings (SSSR count). The van der Waals surface area contributed by atoms with Crippen molar-refractivity contribution in [2.45, 2.75) is 46.3 Å². The molecular weight excluding hydrogens is 272 g/mol. The monoisotopic (exact) mass is 296 g/mol. The second kappa shape index (κ2) is 6.87. The van der Waals surface area contributed by atoms with Crippen molar-refractivity contribution in [2.75, 3.05) is 13.2 Å². The average molecular weight is 296 g/mol. The van der Waals surface area contributed by atoms with E-state index in [9.17, 15) is 15.2 Å². The molecule has 21 heavy (non-hydrogen) atoms. The van der Waals surface area contributed by atoms with Crippen LogP contribution in [-0.4, -0.2) is 34.8 Å². The number of aliphatic hydroxyl groups excluding tert-OH is 1. The molecular formula is C15H24N2O4. The summed E-state index contributed by atoms with van der Waals surface area (Å²) < 4.78 is 5.52. The highest BCUT2D eigenvalue weighted by atomic mass is 16.6. The minimum atomic E-state index is -0.677. The van der Waals surface area contributed by atoms with Crippen LogP contribution in [0.1, 0.15) is 31.9 Å². The molecule has 6 heteroatoms. The fourth-order valence-corrected chi connectivity index (χ4v) is 1.84. The summed E-state index contributed by atoms with van der Waals surface area (Å²) in [5.74, 6) is 0.433. The lowest BCUT2D eigenvalue weighted by Gasteiger charge is -2.23. The zero-order valence-corrected chi connectivity index (χ0v) is 13.3. The second-order valence-electron chi connectivity index (χ2n) is 6.26. The molecule has 1 unspecified atom stereocenters. The van der Waals surface area contributed by atoms with Crippen molar-refractivity contribution in [1.82, 2.24) is 5.32 Å². The van der Waals surface area contributed by atoms with Gasteiger partial charge in [-0.15, -0.1) is 0 Å². The molecule has 0 fully saturated rings. The van der Waals surface area contributed by atoms with E-state index >= 15 is 0 Å². The zero-order chi connectivity index (χ0) is 16.2. The van der Waals surface area contributed by atoms with Crippen molar-refractivity contribution < 1.29 is 14.8 Å². The Bertz CT molecular complexity index is 509. The maximum atomic E-state index is 10.9. The van der Waals surface area contributed by atoms with E-state index in [1.807, 2.05) is 27.7 Å². The van der Waals surface area contributed by atoms with Gasteiger partial charge in [0.05, 0.1) is 11.0 Å². The van der Waals surface area contributed by atoms with Crippen molar-refractivity contribution >= 4 is 5.69 Å². The molecule has 0 aromatic heterocycles. The molecule has 0 aliphatic rings. The lowest BCUT2D eigenvalue weighted by molar-refractivity contribution is -0.385. The number of nitro groups is 1. The van der Waals surface area contributed by atoms with Crippen LogP contribution in [-0.2, 0) is 0 Å². The summed E-state index contributed by atoms with van der Waals surface area (Å²) in [5.41, 5.74) is 1.35. The third-order valence-corrected chi connectivity index (χ3v) is 2.99. The van der Waals surface area contributed by atoms with E-state index in [4.69, 9.17) is 4.74 Å². The standard InChI is InChI=1S/C15H24N2O4/c1-10-6-11(2)14(7-13(10)17(19)20)21-9-12(18)8-16-15(3,4)5/h6-7,12,16,18H,8-9H2,1-5H3. The summed E-state index contributed by atoms with van der Waals surface area (Å²) in [6.45, 7) is 10.0. The van der Waals surface area contributed by atoms with Crippen molar-refractivity contribution in [3.63, 3.8) is 0 Å². The molecule has 0 heterocycles. The molecule has 118 valence electrons. The quantitative estimate of drug-likeness (QED) is 0.621. The van der Waals surface area contributed by atoms with Gasteiger partial charge in [-0.05, 0) is 46.2 Å². The number of aliphatic hydroxyl groups is 1. The van der Waals surface area contributed by atoms with Crippen LogP contribution < -0.4 is 10.1 Å². The van der Waals surface area contributed by atoms with Gasteiger partial charge in [-0.1, -0.05) is 0 Å². The topological polar surface area (TPSA) is 84.6 Å². The van der Waals surface area contributed by atoms with Gasteiger partial charge in [-0.2, -0.15) is 0 Å². The van der Waals surface area contributed by atoms with Gasteiger partial charge in [0.25, 0.3) is 5.69 Å². The summed E-state index contributed by atoms with van der Waals surface area (Å²) in [5, 5.41) is 24.0. The first kappa shape index (κ1) is 17.4. The van der Waals surface area contributed by atoms with Crippen LogP contribution in [0.15, 0.2) is 12.1 Å². The number of nitrogens with one attached hydrogen (secondary N) is 1. The number of nitro benzene ring substituents is 1. The number of ether oxygens (including phenoxy) is 1. The average Bonchev–Trinajstić information content (AvgIpc) is 2.34. The smallest absolute Gasteiger partial charge is 0.276 e. The Hall–Kier alpha value is -1.66. The van der Waals surface area contributed by atoms with Gasteiger partial charge in [0, 0.05) is 17.6 Å². The molecule has 0 aliphatic heterocycles. The van der Waals surface area contributed by atoms with Gasteiger partial charge in [0.15, 0.2) is 0 Å². The molecule has 0 aliphatic carbocycles. The largest absolute Gasteiger partial charge is 0.490 e. The van der Waals surface area contributed by atoms with E-state index in [2.05, 4.69) is 5.32 Å². The molecule has 6 nitrogen and oxygen atoms in total. The Kier molecular flexibility index (Phi) is 5.69. The lowest BCUT2D eigenvalue weighted by atomic mass is 10.1. The third kappa shape index (κ3) is 5.69. The number of nitrogens with zero attached hydrogens (tertiary/aromatic N) is 1. The van der Waals surface area contributed by atoms with Gasteiger partial charge in [0.1, 0.15) is 18.5 Å². The number of rotatable bonds is 6. The Balaban J connectivity index is 2.67. The highest BCUT2D eigenvalue weighted by molar-refractivity contribution is 5.49. The van der Waals surface area contributed by atoms with E-state index in [0.29, 0.717) is 17.9 Å². The number of benzene rings is 1. The normalized spacial score (nSPS) is 13.0. The molecule has 0 bridgehead atoms. The SMILES string of the molecule is Cc1cc(C)c([N+](=O)[O-])cc1OCC(O)CNC(C)(C)C. The predicted molar refractivity (Wildman–Crippen MR) is 81.8 cm³/mol. The van der Waals surface area contributed by atoms with Crippen LogP contribution in [0.2, 0.25) is 0 Å². The van der Waals surface area contributed by atoms with E-state index < -0.39 is 11.0 Å². The Morgan fingerprint density at radius 2 is 1.95 bits per heavy atom. The summed E-state index contributed by atoms with van der Waals surface area (Å²) in [6, 6.07) is 3.13. The molecule has 0 radical (unpaired) electrons. The summed E-state index contributed by atoms with van der Waals surface area (Å²) in [7, 11) is 0. The zero-order valence-electron chi connectivity index (χ0n) is 13.3. The molecule has 2 N–H and O–H groups in total. The Labute approximate surface area is 125 Å². The van der Waals surface area contributed by atoms with Gasteiger partial charge in [-0.3, -0.25) is 10.1 Å². The minimum Gasteiger partial charge on any atom is -0.490 e. The van der Waals surface area contributed by atoms with Crippen molar-refractivity contribution in [1.29, 1.82) is 0 Å². The van der Waals surface area contributed by atoms with E-state index in [1.54, 1.807) is 13.0 Å². The van der Waals surface area contributed by atoms with Crippen LogP contribution in [0.4, 0.5) is 5.69 Å². The highest BCUT2D eigenvalue weighted by Crippen LogP contribution is 2.28.